The molecule has 6 unspecified atom stereocenters. The van der Waals surface area contributed by atoms with Crippen LogP contribution in [0.15, 0.2) is 79.9 Å². The van der Waals surface area contributed by atoms with Crippen molar-refractivity contribution < 1.29 is 188 Å². The van der Waals surface area contributed by atoms with Gasteiger partial charge >= 0.3 is 80.0 Å². The van der Waals surface area contributed by atoms with E-state index in [9.17, 15) is 86.3 Å². The minimum atomic E-state index is -6.81. The predicted octanol–water partition coefficient (Wildman–Crippen LogP) is 14.4. The third-order valence-electron chi connectivity index (χ3n) is 17.2. The Labute approximate surface area is 846 Å². The summed E-state index contributed by atoms with van der Waals surface area (Å²) in [6.45, 7) is 79.2. The predicted molar refractivity (Wildman–Crippen MR) is 532 cm³/mol. The summed E-state index contributed by atoms with van der Waals surface area (Å²) in [4.78, 5) is 104. The Bertz CT molecular complexity index is 3330. The molecule has 5 N–H and O–H groups in total. The highest BCUT2D eigenvalue weighted by Crippen LogP contribution is 2.55. The summed E-state index contributed by atoms with van der Waals surface area (Å²) in [5, 5.41) is 17.9. The number of ketones is 1. The SMILES string of the molecule is C1COCO1.C1COCO1.C1COCO1.C=CC.C=CC.C=CC(=O)OCC.C=O.CB(O)O.CC.CC.CC(C)=O.CCOC(=O)C1CC1(C)C.CCOC(=O)C1CC1(C)C.CCOC(=O)C1CC1(C)C.CCOC(=O)C1CC1(C)C.CCOC(=O)C1CC1(C)C.CCOC(=O)C=C(C)C.CN.CNC(=O)C1CC1(C)C.C[S+](C)C.O=S(=O)(N(c1ccccc1)S(=O)(=O)C(F)(F)F)C(F)(F)F.[HH].[I-]. The molecule has 6 saturated carbocycles. The normalized spacial score (nSPS) is 18.6. The first-order chi connectivity index (χ1) is 63.2. The Morgan fingerprint density at radius 1 is 0.464 bits per heavy atom. The number of halogens is 7. The average Bonchev–Trinajstić information content (AvgIpc) is 1.65. The number of nitrogens with zero attached hydrogens (tertiary/aromatic N) is 1. The molecule has 1 amide bonds. The second-order valence-electron chi connectivity index (χ2n) is 33.6. The molecule has 9 aliphatic rings. The first-order valence-corrected chi connectivity index (χ1v) is 50.5. The van der Waals surface area contributed by atoms with Crippen LogP contribution in [0, 0.1) is 68.0 Å². The number of carbonyl (C=O) groups is 10. The summed E-state index contributed by atoms with van der Waals surface area (Å²) in [6.07, 6.45) is 18.7. The van der Waals surface area contributed by atoms with Gasteiger partial charge in [-0.2, -0.15) is 43.2 Å². The number of benzene rings is 1. The molecule has 3 saturated heterocycles. The van der Waals surface area contributed by atoms with Crippen molar-refractivity contribution in [3.8, 4) is 0 Å². The van der Waals surface area contributed by atoms with Crippen molar-refractivity contribution in [2.45, 2.75) is 257 Å². The molecular formula is C95H179BF6IN3O29S3. The van der Waals surface area contributed by atoms with Gasteiger partial charge < -0.3 is 116 Å². The molecule has 1 aromatic carbocycles. The zero-order chi connectivity index (χ0) is 110. The van der Waals surface area contributed by atoms with Crippen LogP contribution in [0.3, 0.4) is 0 Å². The Hall–Kier alpha value is -6.66. The van der Waals surface area contributed by atoms with Crippen molar-refractivity contribution in [3.63, 3.8) is 0 Å². The fourth-order valence-electron chi connectivity index (χ4n) is 9.30. The summed E-state index contributed by atoms with van der Waals surface area (Å²) in [7, 11) is -11.0. The second kappa shape index (κ2) is 87.0. The van der Waals surface area contributed by atoms with E-state index >= 15 is 0 Å². The average molecular weight is 2180 g/mol. The number of nitrogens with two attached hydrogens (primary N) is 1. The van der Waals surface area contributed by atoms with E-state index in [1.165, 1.54) is 33.8 Å². The number of amides is 1. The number of anilines is 1. The van der Waals surface area contributed by atoms with Crippen molar-refractivity contribution in [1.29, 1.82) is 0 Å². The maximum Gasteiger partial charge on any atom is 0.517 e. The largest absolute Gasteiger partial charge is 1.00 e. The van der Waals surface area contributed by atoms with Crippen LogP contribution in [0.2, 0.25) is 6.82 Å². The summed E-state index contributed by atoms with van der Waals surface area (Å²) < 4.78 is 179. The Morgan fingerprint density at radius 2 is 0.638 bits per heavy atom. The summed E-state index contributed by atoms with van der Waals surface area (Å²) in [6, 6.07) is 3.85. The van der Waals surface area contributed by atoms with Crippen LogP contribution in [0.25, 0.3) is 0 Å². The molecule has 138 heavy (non-hydrogen) atoms. The highest BCUT2D eigenvalue weighted by atomic mass is 127. The Balaban J connectivity index is -0.000000112. The van der Waals surface area contributed by atoms with Gasteiger partial charge in [0.05, 0.1) is 140 Å². The van der Waals surface area contributed by atoms with Crippen molar-refractivity contribution >= 4 is 104 Å². The summed E-state index contributed by atoms with van der Waals surface area (Å²) in [5.41, 5.74) is -6.97. The maximum absolute atomic E-state index is 12.4. The van der Waals surface area contributed by atoms with Crippen LogP contribution in [0.1, 0.15) is 241 Å². The van der Waals surface area contributed by atoms with Gasteiger partial charge in [0.1, 0.15) is 33.0 Å². The molecule has 3 heterocycles. The maximum atomic E-state index is 12.4. The van der Waals surface area contributed by atoms with Crippen molar-refractivity contribution in [2.75, 3.05) is 143 Å². The van der Waals surface area contributed by atoms with Gasteiger partial charge in [-0.15, -0.1) is 16.9 Å². The minimum absolute atomic E-state index is 0. The lowest BCUT2D eigenvalue weighted by Crippen LogP contribution is -3.00. The fourth-order valence-corrected chi connectivity index (χ4v) is 12.0. The van der Waals surface area contributed by atoms with Crippen LogP contribution in [0.5, 0.6) is 0 Å². The van der Waals surface area contributed by atoms with Crippen LogP contribution in [0.4, 0.5) is 32.0 Å². The standard InChI is InChI=1S/C8H5F6NO4S2.5C8H14O2.C7H13NO.C7H12O2.C5H8O2.3C3H6O2.C3H6O.C3H9S.2C3H6.2C2H6.CH5BO2.CH5N.CH2O.HI.H2/c9-7(10,11)20(16,17)15(6-4-2-1-3-5-6)21(18,19)8(12,13)14;5*1-4-10-7(9)6-5-8(6,2)3;1-7(2)4-5(7)6(9)8-3;1-4-9-7(8)5-6(2)3;1-3-5(6)7-4-2;3*1-2-5-3-4-1;1-3(2)4;1-4(2)3;2*1-3-2;2*1-2;1-2(3)4;2*1-2;;/h1-5H;5*6H,4-5H2,1-3H3;5H,4H2,1-3H3,(H,8,9);5H,4H2,1-3H3;3H,1,4H2,2H3;3*1-3H2;1-2H3;1-3H3;2*3H,1H2,2H3;2*1-2H3;3-4H,1H3;2H2,1H3;1H2;2*1H/q;;;;;;;;;;;;;+1;;;;;;;;;/p-1. The molecule has 1 aromatic rings. The van der Waals surface area contributed by atoms with Crippen LogP contribution in [-0.4, -0.2) is 244 Å². The number of sulfonamides is 2. The molecule has 9 fully saturated rings. The highest BCUT2D eigenvalue weighted by molar-refractivity contribution is 8.11. The molecule has 10 rings (SSSR count). The number of ether oxygens (including phenoxy) is 13. The minimum Gasteiger partial charge on any atom is -1.00 e. The van der Waals surface area contributed by atoms with Crippen LogP contribution >= 0.6 is 0 Å². The van der Waals surface area contributed by atoms with E-state index < -0.39 is 47.6 Å². The van der Waals surface area contributed by atoms with E-state index in [2.05, 4.69) is 142 Å². The molecule has 3 aliphatic heterocycles. The molecule has 0 aromatic heterocycles. The quantitative estimate of drug-likeness (QED) is 0.0155. The van der Waals surface area contributed by atoms with Gasteiger partial charge in [-0.3, -0.25) is 28.8 Å². The zero-order valence-electron chi connectivity index (χ0n) is 89.4. The Morgan fingerprint density at radius 3 is 0.746 bits per heavy atom. The smallest absolute Gasteiger partial charge is 0.517 e. The molecule has 0 radical (unpaired) electrons. The van der Waals surface area contributed by atoms with E-state index in [1.54, 1.807) is 33.0 Å². The van der Waals surface area contributed by atoms with E-state index in [1.807, 2.05) is 96.8 Å². The second-order valence-corrected chi connectivity index (χ2v) is 39.8. The van der Waals surface area contributed by atoms with E-state index in [0.29, 0.717) is 89.7 Å². The number of alkyl halides is 6. The molecule has 43 heteroatoms. The number of Topliss-reactive ketones (excluding diaryl/α,β-unsaturated/α-hetero) is 1. The van der Waals surface area contributed by atoms with Crippen LogP contribution < -0.4 is 38.7 Å². The van der Waals surface area contributed by atoms with E-state index in [-0.39, 0.29) is 147 Å². The molecule has 32 nitrogen and oxygen atoms in total. The number of para-hydroxylation sites is 1. The first-order valence-electron chi connectivity index (χ1n) is 45.1. The lowest BCUT2D eigenvalue weighted by atomic mass is 9.99. The van der Waals surface area contributed by atoms with Gasteiger partial charge in [0.15, 0.2) is 0 Å². The number of carbonyl (C=O) groups excluding carboxylic acids is 10. The third-order valence-corrected chi connectivity index (χ3v) is 20.9. The number of nitrogens with one attached hydrogen (secondary N) is 1. The number of hydrogen-bond acceptors (Lipinski definition) is 30. The molecular weight excluding hydrogens is 1990 g/mol. The van der Waals surface area contributed by atoms with Gasteiger partial charge in [0, 0.05) is 26.5 Å². The topological polar surface area (TPSA) is 441 Å². The van der Waals surface area contributed by atoms with Gasteiger partial charge in [-0.1, -0.05) is 153 Å². The molecule has 6 atom stereocenters. The lowest BCUT2D eigenvalue weighted by Gasteiger charge is -2.25. The van der Waals surface area contributed by atoms with Crippen molar-refractivity contribution in [2.24, 2.45) is 73.7 Å². The third kappa shape index (κ3) is 86.1. The summed E-state index contributed by atoms with van der Waals surface area (Å²) in [5.74, 6) is 0.794. The fraction of sp³-hybridized carbons (Fsp3) is 0.747. The molecule has 818 valence electrons. The lowest BCUT2D eigenvalue weighted by molar-refractivity contribution is -0.146. The van der Waals surface area contributed by atoms with Gasteiger partial charge in [-0.05, 0) is 198 Å². The number of rotatable bonds is 18. The van der Waals surface area contributed by atoms with Crippen LogP contribution in [-0.2, 0) is 140 Å². The highest BCUT2D eigenvalue weighted by Gasteiger charge is 2.62. The first kappa shape index (κ1) is 157. The van der Waals surface area contributed by atoms with E-state index in [4.69, 9.17) is 66.9 Å². The number of hydrogen-bond donors (Lipinski definition) is 4. The summed E-state index contributed by atoms with van der Waals surface area (Å²) >= 11 is 0. The van der Waals surface area contributed by atoms with Gasteiger partial charge in [0.25, 0.3) is 0 Å². The van der Waals surface area contributed by atoms with E-state index in [0.717, 1.165) is 108 Å². The van der Waals surface area contributed by atoms with Crippen molar-refractivity contribution in [3.05, 3.63) is 79.9 Å². The zero-order valence-corrected chi connectivity index (χ0v) is 94.0. The van der Waals surface area contributed by atoms with Crippen molar-refractivity contribution in [1.82, 2.24) is 5.32 Å². The monoisotopic (exact) mass is 2170 g/mol. The van der Waals surface area contributed by atoms with Gasteiger partial charge in [-0.25, -0.2) is 9.59 Å². The number of esters is 7. The number of allylic oxidation sites excluding steroid dienone is 3. The molecule has 0 spiro atoms. The molecule has 6 aliphatic carbocycles. The van der Waals surface area contributed by atoms with Gasteiger partial charge in [0.2, 0.25) is 5.91 Å². The Kier molecular flexibility index (Phi) is 98.7. The molecule has 0 bridgehead atoms.